The molecule has 0 aromatic carbocycles. The van der Waals surface area contributed by atoms with Gasteiger partial charge in [-0.1, -0.05) is 5.16 Å². The first-order valence-corrected chi connectivity index (χ1v) is 7.98. The second kappa shape index (κ2) is 7.68. The molecule has 0 amide bonds. The summed E-state index contributed by atoms with van der Waals surface area (Å²) in [5.41, 5.74) is -0.937. The lowest BCUT2D eigenvalue weighted by atomic mass is 9.97. The molecule has 10 heteroatoms. The van der Waals surface area contributed by atoms with E-state index in [1.165, 1.54) is 10.9 Å². The van der Waals surface area contributed by atoms with E-state index in [1.54, 1.807) is 7.11 Å². The van der Waals surface area contributed by atoms with Crippen molar-refractivity contribution in [3.63, 3.8) is 0 Å². The number of ether oxygens (including phenoxy) is 1. The molecule has 3 rings (SSSR count). The third kappa shape index (κ3) is 4.19. The van der Waals surface area contributed by atoms with Crippen molar-refractivity contribution in [2.45, 2.75) is 32.4 Å². The number of rotatable bonds is 6. The maximum Gasteiger partial charge on any atom is 0.324 e. The molecule has 1 aliphatic rings. The van der Waals surface area contributed by atoms with E-state index in [1.807, 2.05) is 4.90 Å². The van der Waals surface area contributed by atoms with E-state index in [0.717, 1.165) is 32.0 Å². The Morgan fingerprint density at radius 1 is 1.40 bits per heavy atom. The second-order valence-corrected chi connectivity index (χ2v) is 5.96. The first-order chi connectivity index (χ1) is 12.1. The smallest absolute Gasteiger partial charge is 0.324 e. The number of piperidine rings is 1. The second-order valence-electron chi connectivity index (χ2n) is 5.96. The maximum atomic E-state index is 12.5. The van der Waals surface area contributed by atoms with E-state index < -0.39 is 17.7 Å². The Balaban J connectivity index is 1.56. The van der Waals surface area contributed by atoms with Crippen LogP contribution in [0.15, 0.2) is 21.7 Å². The Morgan fingerprint density at radius 2 is 2.16 bits per heavy atom. The Kier molecular flexibility index (Phi) is 5.37. The van der Waals surface area contributed by atoms with Crippen LogP contribution in [0, 0.1) is 5.92 Å². The summed E-state index contributed by atoms with van der Waals surface area (Å²) in [5, 5.41) is 3.83. The SMILES string of the molecule is COCc1noc(N2CCC(Cn3cnc(C(F)F)cc3=O)CC2)n1. The van der Waals surface area contributed by atoms with Gasteiger partial charge in [0, 0.05) is 32.8 Å². The van der Waals surface area contributed by atoms with Gasteiger partial charge in [-0.3, -0.25) is 9.36 Å². The lowest BCUT2D eigenvalue weighted by Gasteiger charge is -2.30. The van der Waals surface area contributed by atoms with E-state index in [9.17, 15) is 13.6 Å². The molecule has 1 aliphatic heterocycles. The van der Waals surface area contributed by atoms with Crippen LogP contribution in [0.2, 0.25) is 0 Å². The van der Waals surface area contributed by atoms with Gasteiger partial charge >= 0.3 is 6.01 Å². The van der Waals surface area contributed by atoms with Crippen molar-refractivity contribution in [1.29, 1.82) is 0 Å². The minimum Gasteiger partial charge on any atom is -0.377 e. The van der Waals surface area contributed by atoms with Crippen LogP contribution < -0.4 is 10.5 Å². The van der Waals surface area contributed by atoms with Gasteiger partial charge in [0.1, 0.15) is 12.3 Å². The first-order valence-electron chi connectivity index (χ1n) is 7.98. The van der Waals surface area contributed by atoms with Gasteiger partial charge in [0.25, 0.3) is 12.0 Å². The number of hydrogen-bond donors (Lipinski definition) is 0. The molecule has 0 aliphatic carbocycles. The van der Waals surface area contributed by atoms with Crippen LogP contribution in [0.1, 0.15) is 30.8 Å². The van der Waals surface area contributed by atoms with Crippen LogP contribution in [0.25, 0.3) is 0 Å². The molecule has 0 bridgehead atoms. The molecule has 0 saturated carbocycles. The van der Waals surface area contributed by atoms with Gasteiger partial charge in [-0.25, -0.2) is 13.8 Å². The van der Waals surface area contributed by atoms with Crippen LogP contribution >= 0.6 is 0 Å². The number of aromatic nitrogens is 4. The van der Waals surface area contributed by atoms with Crippen molar-refractivity contribution in [3.8, 4) is 0 Å². The summed E-state index contributed by atoms with van der Waals surface area (Å²) in [6.07, 6.45) is 0.115. The molecule has 1 saturated heterocycles. The summed E-state index contributed by atoms with van der Waals surface area (Å²) >= 11 is 0. The Hall–Kier alpha value is -2.36. The lowest BCUT2D eigenvalue weighted by molar-refractivity contribution is 0.145. The number of anilines is 1. The number of methoxy groups -OCH3 is 1. The quantitative estimate of drug-likeness (QED) is 0.778. The van der Waals surface area contributed by atoms with Crippen molar-refractivity contribution < 1.29 is 18.0 Å². The van der Waals surface area contributed by atoms with E-state index in [4.69, 9.17) is 9.26 Å². The molecule has 25 heavy (non-hydrogen) atoms. The van der Waals surface area contributed by atoms with Crippen molar-refractivity contribution in [2.75, 3.05) is 25.1 Å². The fourth-order valence-electron chi connectivity index (χ4n) is 2.84. The number of halogens is 2. The number of nitrogens with zero attached hydrogens (tertiary/aromatic N) is 5. The van der Waals surface area contributed by atoms with E-state index >= 15 is 0 Å². The minimum atomic E-state index is -2.73. The van der Waals surface area contributed by atoms with Crippen LogP contribution in [-0.4, -0.2) is 39.9 Å². The summed E-state index contributed by atoms with van der Waals surface area (Å²) in [6, 6.07) is 1.36. The highest BCUT2D eigenvalue weighted by atomic mass is 19.3. The average molecular weight is 355 g/mol. The summed E-state index contributed by atoms with van der Waals surface area (Å²) in [5.74, 6) is 0.755. The Morgan fingerprint density at radius 3 is 2.80 bits per heavy atom. The summed E-state index contributed by atoms with van der Waals surface area (Å²) < 4.78 is 36.7. The molecule has 0 N–H and O–H groups in total. The van der Waals surface area contributed by atoms with Gasteiger partial charge in [-0.15, -0.1) is 0 Å². The molecule has 2 aromatic rings. The minimum absolute atomic E-state index is 0.259. The van der Waals surface area contributed by atoms with Crippen molar-refractivity contribution in [3.05, 3.63) is 34.3 Å². The topological polar surface area (TPSA) is 86.3 Å². The molecule has 0 unspecified atom stereocenters. The predicted octanol–water partition coefficient (Wildman–Crippen LogP) is 1.63. The maximum absolute atomic E-state index is 12.5. The fourth-order valence-corrected chi connectivity index (χ4v) is 2.84. The Bertz CT molecular complexity index is 756. The molecule has 8 nitrogen and oxygen atoms in total. The highest BCUT2D eigenvalue weighted by molar-refractivity contribution is 5.25. The molecular weight excluding hydrogens is 336 g/mol. The monoisotopic (exact) mass is 355 g/mol. The van der Waals surface area contributed by atoms with Gasteiger partial charge in [-0.2, -0.15) is 4.98 Å². The third-order valence-electron chi connectivity index (χ3n) is 4.19. The molecular formula is C15H19F2N5O3. The first kappa shape index (κ1) is 17.5. The number of alkyl halides is 2. The summed E-state index contributed by atoms with van der Waals surface area (Å²) in [7, 11) is 1.56. The van der Waals surface area contributed by atoms with Gasteiger partial charge in [0.05, 0.1) is 6.33 Å². The average Bonchev–Trinajstić information content (AvgIpc) is 3.06. The summed E-state index contributed by atoms with van der Waals surface area (Å²) in [6.45, 7) is 2.19. The van der Waals surface area contributed by atoms with E-state index in [-0.39, 0.29) is 5.92 Å². The molecule has 136 valence electrons. The zero-order valence-corrected chi connectivity index (χ0v) is 13.8. The summed E-state index contributed by atoms with van der Waals surface area (Å²) in [4.78, 5) is 21.8. The van der Waals surface area contributed by atoms with Crippen molar-refractivity contribution in [2.24, 2.45) is 5.92 Å². The molecule has 0 atom stereocenters. The molecule has 0 spiro atoms. The molecule has 1 fully saturated rings. The fraction of sp³-hybridized carbons (Fsp3) is 0.600. The van der Waals surface area contributed by atoms with Gasteiger partial charge in [-0.05, 0) is 18.8 Å². The van der Waals surface area contributed by atoms with Crippen molar-refractivity contribution in [1.82, 2.24) is 19.7 Å². The largest absolute Gasteiger partial charge is 0.377 e. The molecule has 3 heterocycles. The lowest BCUT2D eigenvalue weighted by Crippen LogP contribution is -2.36. The van der Waals surface area contributed by atoms with E-state index in [0.29, 0.717) is 25.0 Å². The van der Waals surface area contributed by atoms with Crippen LogP contribution in [0.4, 0.5) is 14.8 Å². The van der Waals surface area contributed by atoms with Crippen LogP contribution in [0.3, 0.4) is 0 Å². The van der Waals surface area contributed by atoms with Crippen LogP contribution in [0.5, 0.6) is 0 Å². The highest BCUT2D eigenvalue weighted by Gasteiger charge is 2.24. The van der Waals surface area contributed by atoms with Crippen LogP contribution in [-0.2, 0) is 17.9 Å². The van der Waals surface area contributed by atoms with Crippen molar-refractivity contribution >= 4 is 6.01 Å². The molecule has 2 aromatic heterocycles. The predicted molar refractivity (Wildman–Crippen MR) is 83.4 cm³/mol. The standard InChI is InChI=1S/C15H19F2N5O3/c1-24-8-12-19-15(25-20-12)21-4-2-10(3-5-21)7-22-9-18-11(14(16)17)6-13(22)23/h6,9-10,14H,2-5,7-8H2,1H3. The number of hydrogen-bond acceptors (Lipinski definition) is 7. The third-order valence-corrected chi connectivity index (χ3v) is 4.19. The normalized spacial score (nSPS) is 15.9. The zero-order valence-electron chi connectivity index (χ0n) is 13.8. The molecule has 0 radical (unpaired) electrons. The highest BCUT2D eigenvalue weighted by Crippen LogP contribution is 2.23. The zero-order chi connectivity index (χ0) is 17.8. The van der Waals surface area contributed by atoms with Gasteiger partial charge < -0.3 is 14.2 Å². The Labute approximate surface area is 142 Å². The van der Waals surface area contributed by atoms with Gasteiger partial charge in [0.2, 0.25) is 0 Å². The van der Waals surface area contributed by atoms with E-state index in [2.05, 4.69) is 15.1 Å². The van der Waals surface area contributed by atoms with Gasteiger partial charge in [0.15, 0.2) is 5.82 Å².